The molecule has 0 unspecified atom stereocenters. The third-order valence-corrected chi connectivity index (χ3v) is 9.52. The average Bonchev–Trinajstić information content (AvgIpc) is 3.09. The summed E-state index contributed by atoms with van der Waals surface area (Å²) in [5.41, 5.74) is -7.96. The summed E-state index contributed by atoms with van der Waals surface area (Å²) in [4.78, 5) is 101. The van der Waals surface area contributed by atoms with Crippen molar-refractivity contribution in [1.82, 2.24) is 37.2 Å². The maximum Gasteiger partial charge on any atom is 0.471 e. The summed E-state index contributed by atoms with van der Waals surface area (Å²) >= 11 is 0. The Bertz CT molecular complexity index is 1520. The first kappa shape index (κ1) is 52.6. The lowest BCUT2D eigenvalue weighted by molar-refractivity contribution is -0.174. The molecule has 0 saturated carbocycles. The molecule has 0 aliphatic heterocycles. The van der Waals surface area contributed by atoms with Gasteiger partial charge in [-0.05, 0) is 96.9 Å². The number of amides is 7. The minimum absolute atomic E-state index is 0.0210. The van der Waals surface area contributed by atoms with Crippen LogP contribution in [0.5, 0.6) is 0 Å². The fourth-order valence-corrected chi connectivity index (χ4v) is 4.47. The van der Waals surface area contributed by atoms with Gasteiger partial charge in [0.1, 0.15) is 0 Å². The Morgan fingerprint density at radius 2 is 0.491 bits per heavy atom. The number of alkyl halides is 3. The molecule has 0 fully saturated rings. The summed E-state index contributed by atoms with van der Waals surface area (Å²) in [6, 6.07) is 0. The van der Waals surface area contributed by atoms with Gasteiger partial charge < -0.3 is 42.0 Å². The van der Waals surface area contributed by atoms with Crippen LogP contribution in [-0.4, -0.2) is 106 Å². The Morgan fingerprint density at radius 3 is 0.649 bits per heavy atom. The molecule has 7 amide bonds. The normalized spacial score (nSPS) is 13.1. The van der Waals surface area contributed by atoms with Gasteiger partial charge >= 0.3 is 18.1 Å². The van der Waals surface area contributed by atoms with Gasteiger partial charge in [0.25, 0.3) is 0 Å². The van der Waals surface area contributed by atoms with Gasteiger partial charge in [-0.25, -0.2) is 0 Å². The molecule has 0 aromatic rings. The van der Waals surface area contributed by atoms with E-state index >= 15 is 0 Å². The van der Waals surface area contributed by atoms with E-state index in [4.69, 9.17) is 4.74 Å². The summed E-state index contributed by atoms with van der Waals surface area (Å²) in [5.74, 6) is -5.59. The zero-order valence-corrected chi connectivity index (χ0v) is 36.3. The molecule has 7 N–H and O–H groups in total. The zero-order chi connectivity index (χ0) is 45.2. The van der Waals surface area contributed by atoms with E-state index in [2.05, 4.69) is 31.9 Å². The molecule has 328 valence electrons. The van der Waals surface area contributed by atoms with Crippen LogP contribution in [0.2, 0.25) is 0 Å². The third-order valence-electron chi connectivity index (χ3n) is 9.52. The molecule has 0 aromatic carbocycles. The van der Waals surface area contributed by atoms with Crippen molar-refractivity contribution < 1.29 is 56.3 Å². The lowest BCUT2D eigenvalue weighted by Gasteiger charge is -2.32. The standard InChI is InChI=1S/C38H66F3N7O9/c1-31(2,24(50)43-18-33(5,6)26(52)45-20-35(9,10)28(54)47-22-37(13,14)30(56)57-15)16-42-23(49)32(3,4)17-44-25(51)34(7,8)19-46-27(53)36(11,12)21-48-29(55)38(39,40)41/h16-22H2,1-15H3,(H,42,49)(H,43,50)(H,44,51)(H,45,52)(H,46,53)(H,47,54)(H,48,55). The van der Waals surface area contributed by atoms with Gasteiger partial charge in [0.05, 0.1) is 45.0 Å². The maximum absolute atomic E-state index is 13.2. The number of methoxy groups -OCH3 is 1. The highest BCUT2D eigenvalue weighted by atomic mass is 19.4. The average molecular weight is 822 g/mol. The van der Waals surface area contributed by atoms with E-state index in [1.807, 2.05) is 0 Å². The maximum atomic E-state index is 13.2. The monoisotopic (exact) mass is 821 g/mol. The zero-order valence-electron chi connectivity index (χ0n) is 36.3. The minimum Gasteiger partial charge on any atom is -0.469 e. The lowest BCUT2D eigenvalue weighted by atomic mass is 9.86. The number of esters is 1. The van der Waals surface area contributed by atoms with Crippen molar-refractivity contribution in [2.75, 3.05) is 52.9 Å². The van der Waals surface area contributed by atoms with Crippen molar-refractivity contribution in [1.29, 1.82) is 0 Å². The Morgan fingerprint density at radius 1 is 0.333 bits per heavy atom. The smallest absolute Gasteiger partial charge is 0.469 e. The van der Waals surface area contributed by atoms with Crippen molar-refractivity contribution in [2.24, 2.45) is 37.9 Å². The van der Waals surface area contributed by atoms with Crippen LogP contribution in [0.15, 0.2) is 0 Å². The summed E-state index contributed by atoms with van der Waals surface area (Å²) in [5, 5.41) is 17.9. The first-order valence-electron chi connectivity index (χ1n) is 18.5. The molecule has 0 aliphatic rings. The van der Waals surface area contributed by atoms with E-state index in [-0.39, 0.29) is 45.2 Å². The van der Waals surface area contributed by atoms with Gasteiger partial charge in [0, 0.05) is 45.8 Å². The summed E-state index contributed by atoms with van der Waals surface area (Å²) in [7, 11) is 1.26. The summed E-state index contributed by atoms with van der Waals surface area (Å²) in [6.45, 7) is 20.9. The molecule has 0 heterocycles. The van der Waals surface area contributed by atoms with Crippen LogP contribution in [-0.2, 0) is 43.1 Å². The van der Waals surface area contributed by atoms with Crippen molar-refractivity contribution >= 4 is 47.3 Å². The number of nitrogens with one attached hydrogen (secondary N) is 7. The van der Waals surface area contributed by atoms with Crippen molar-refractivity contribution in [3.05, 3.63) is 0 Å². The van der Waals surface area contributed by atoms with Gasteiger partial charge in [-0.15, -0.1) is 0 Å². The number of rotatable bonds is 21. The lowest BCUT2D eigenvalue weighted by Crippen LogP contribution is -2.54. The quantitative estimate of drug-likeness (QED) is 0.0836. The molecule has 0 atom stereocenters. The van der Waals surface area contributed by atoms with Crippen LogP contribution in [0.1, 0.15) is 96.9 Å². The van der Waals surface area contributed by atoms with Gasteiger partial charge in [-0.3, -0.25) is 38.4 Å². The Labute approximate surface area is 334 Å². The van der Waals surface area contributed by atoms with E-state index in [1.165, 1.54) is 34.8 Å². The number of carbonyl (C=O) groups is 8. The van der Waals surface area contributed by atoms with Gasteiger partial charge in [-0.1, -0.05) is 0 Å². The second kappa shape index (κ2) is 19.3. The number of carbonyl (C=O) groups excluding carboxylic acids is 8. The highest BCUT2D eigenvalue weighted by molar-refractivity contribution is 5.89. The van der Waals surface area contributed by atoms with Crippen LogP contribution in [0.3, 0.4) is 0 Å². The van der Waals surface area contributed by atoms with Crippen LogP contribution >= 0.6 is 0 Å². The third kappa shape index (κ3) is 16.5. The highest BCUT2D eigenvalue weighted by Crippen LogP contribution is 2.23. The summed E-state index contributed by atoms with van der Waals surface area (Å²) in [6.07, 6.45) is -5.10. The van der Waals surface area contributed by atoms with Crippen molar-refractivity contribution in [3.63, 3.8) is 0 Å². The molecule has 0 spiro atoms. The Kier molecular flexibility index (Phi) is 17.8. The molecule has 0 aromatic heterocycles. The van der Waals surface area contributed by atoms with E-state index < -0.39 is 92.0 Å². The second-order valence-corrected chi connectivity index (χ2v) is 19.0. The van der Waals surface area contributed by atoms with Crippen molar-refractivity contribution in [2.45, 2.75) is 103 Å². The molecule has 0 radical (unpaired) electrons. The molecule has 16 nitrogen and oxygen atoms in total. The summed E-state index contributed by atoms with van der Waals surface area (Å²) < 4.78 is 42.3. The van der Waals surface area contributed by atoms with Crippen LogP contribution in [0, 0.1) is 37.9 Å². The molecule has 0 saturated heterocycles. The van der Waals surface area contributed by atoms with E-state index in [0.717, 1.165) is 0 Å². The van der Waals surface area contributed by atoms with Crippen LogP contribution in [0.25, 0.3) is 0 Å². The van der Waals surface area contributed by atoms with Crippen molar-refractivity contribution in [3.8, 4) is 0 Å². The van der Waals surface area contributed by atoms with E-state index in [0.29, 0.717) is 0 Å². The van der Waals surface area contributed by atoms with Crippen LogP contribution < -0.4 is 37.2 Å². The molecular weight excluding hydrogens is 755 g/mol. The van der Waals surface area contributed by atoms with E-state index in [1.54, 1.807) is 74.6 Å². The molecular formula is C38H66F3N7O9. The Hall–Kier alpha value is -4.45. The van der Waals surface area contributed by atoms with Gasteiger partial charge in [-0.2, -0.15) is 13.2 Å². The predicted molar refractivity (Wildman–Crippen MR) is 206 cm³/mol. The molecule has 0 aliphatic carbocycles. The number of hydrogen-bond donors (Lipinski definition) is 7. The Balaban J connectivity index is 5.09. The highest BCUT2D eigenvalue weighted by Gasteiger charge is 2.41. The largest absolute Gasteiger partial charge is 0.471 e. The van der Waals surface area contributed by atoms with E-state index in [9.17, 15) is 51.5 Å². The molecule has 57 heavy (non-hydrogen) atoms. The molecule has 0 rings (SSSR count). The number of ether oxygens (including phenoxy) is 1. The van der Waals surface area contributed by atoms with Crippen LogP contribution in [0.4, 0.5) is 13.2 Å². The van der Waals surface area contributed by atoms with Gasteiger partial charge in [0.2, 0.25) is 35.4 Å². The molecule has 19 heteroatoms. The predicted octanol–water partition coefficient (Wildman–Crippen LogP) is 1.72. The number of halogens is 3. The first-order chi connectivity index (χ1) is 25.4. The topological polar surface area (TPSA) is 230 Å². The number of hydrogen-bond acceptors (Lipinski definition) is 9. The van der Waals surface area contributed by atoms with Gasteiger partial charge in [0.15, 0.2) is 0 Å². The first-order valence-corrected chi connectivity index (χ1v) is 18.5. The minimum atomic E-state index is -5.10. The second-order valence-electron chi connectivity index (χ2n) is 19.0. The molecule has 0 bridgehead atoms. The fourth-order valence-electron chi connectivity index (χ4n) is 4.47. The fraction of sp³-hybridized carbons (Fsp3) is 0.789. The SMILES string of the molecule is COC(=O)C(C)(C)CNC(=O)C(C)(C)CNC(=O)C(C)(C)CNC(=O)C(C)(C)CNC(=O)C(C)(C)CNC(=O)C(C)(C)CNC(=O)C(C)(C)CNC(=O)C(F)(F)F.